The molecule has 1 saturated heterocycles. The molecule has 1 N–H and O–H groups in total. The summed E-state index contributed by atoms with van der Waals surface area (Å²) in [6.45, 7) is 4.25. The van der Waals surface area contributed by atoms with E-state index in [9.17, 15) is 19.1 Å². The molecule has 3 aromatic carbocycles. The Bertz CT molecular complexity index is 1650. The van der Waals surface area contributed by atoms with Gasteiger partial charge in [-0.05, 0) is 73.5 Å². The molecule has 0 aliphatic carbocycles. The quantitative estimate of drug-likeness (QED) is 0.200. The van der Waals surface area contributed by atoms with Crippen LogP contribution in [0.25, 0.3) is 16.0 Å². The smallest absolute Gasteiger partial charge is 0.301 e. The van der Waals surface area contributed by atoms with Crippen molar-refractivity contribution in [2.45, 2.75) is 32.4 Å². The maximum absolute atomic E-state index is 13.9. The molecule has 38 heavy (non-hydrogen) atoms. The SMILES string of the molecule is CCOc1cccc([C@H]2/C(=C(\O)c3ccc4c(c3)C[C@H](C)O4)C(=O)C(=O)N2c2nc3ccc(F)cc3s2)c1. The molecule has 3 heterocycles. The van der Waals surface area contributed by atoms with E-state index in [0.29, 0.717) is 40.1 Å². The summed E-state index contributed by atoms with van der Waals surface area (Å²) in [7, 11) is 0. The van der Waals surface area contributed by atoms with Crippen LogP contribution in [0.3, 0.4) is 0 Å². The number of benzene rings is 3. The van der Waals surface area contributed by atoms with Gasteiger partial charge in [0.1, 0.15) is 29.2 Å². The van der Waals surface area contributed by atoms with Crippen LogP contribution in [0.1, 0.15) is 36.6 Å². The van der Waals surface area contributed by atoms with Crippen LogP contribution in [0, 0.1) is 5.82 Å². The van der Waals surface area contributed by atoms with Gasteiger partial charge < -0.3 is 14.6 Å². The Morgan fingerprint density at radius 3 is 2.84 bits per heavy atom. The lowest BCUT2D eigenvalue weighted by Gasteiger charge is -2.23. The Morgan fingerprint density at radius 1 is 1.18 bits per heavy atom. The highest BCUT2D eigenvalue weighted by molar-refractivity contribution is 7.22. The first-order valence-electron chi connectivity index (χ1n) is 12.2. The summed E-state index contributed by atoms with van der Waals surface area (Å²) in [5, 5.41) is 11.7. The number of Topliss-reactive ketones (excluding diaryl/α,β-unsaturated/α-hetero) is 1. The van der Waals surface area contributed by atoms with Crippen molar-refractivity contribution in [3.63, 3.8) is 0 Å². The van der Waals surface area contributed by atoms with E-state index in [-0.39, 0.29) is 22.6 Å². The molecule has 1 fully saturated rings. The van der Waals surface area contributed by atoms with Crippen molar-refractivity contribution in [1.82, 2.24) is 4.98 Å². The molecule has 0 spiro atoms. The number of ether oxygens (including phenoxy) is 2. The number of aliphatic hydroxyl groups excluding tert-OH is 1. The fraction of sp³-hybridized carbons (Fsp3) is 0.207. The van der Waals surface area contributed by atoms with E-state index in [1.165, 1.54) is 23.1 Å². The number of carbonyl (C=O) groups excluding carboxylic acids is 2. The number of aromatic nitrogens is 1. The Kier molecular flexibility index (Phi) is 5.87. The number of amides is 1. The van der Waals surface area contributed by atoms with Crippen molar-refractivity contribution >= 4 is 44.1 Å². The van der Waals surface area contributed by atoms with Crippen LogP contribution in [0.5, 0.6) is 11.5 Å². The van der Waals surface area contributed by atoms with Crippen LogP contribution in [0.4, 0.5) is 9.52 Å². The number of carbonyl (C=O) groups is 2. The lowest BCUT2D eigenvalue weighted by atomic mass is 9.94. The minimum Gasteiger partial charge on any atom is -0.507 e. The number of hydrogen-bond acceptors (Lipinski definition) is 7. The lowest BCUT2D eigenvalue weighted by Crippen LogP contribution is -2.29. The third-order valence-electron chi connectivity index (χ3n) is 6.64. The number of aliphatic hydroxyl groups is 1. The number of fused-ring (bicyclic) bond motifs is 2. The topological polar surface area (TPSA) is 89.0 Å². The summed E-state index contributed by atoms with van der Waals surface area (Å²) in [6, 6.07) is 15.5. The van der Waals surface area contributed by atoms with E-state index in [1.807, 2.05) is 13.8 Å². The van der Waals surface area contributed by atoms with Crippen molar-refractivity contribution in [1.29, 1.82) is 0 Å². The summed E-state index contributed by atoms with van der Waals surface area (Å²) in [5.41, 5.74) is 2.35. The molecule has 1 amide bonds. The minimum atomic E-state index is -0.968. The number of anilines is 1. The van der Waals surface area contributed by atoms with Gasteiger partial charge in [-0.15, -0.1) is 0 Å². The van der Waals surface area contributed by atoms with E-state index in [2.05, 4.69) is 4.98 Å². The standard InChI is InChI=1S/C29H23FN2O5S/c1-3-36-20-6-4-5-16(13-20)25-24(26(33)17-7-10-22-18(12-17)11-15(2)37-22)27(34)28(35)32(25)29-31-21-9-8-19(30)14-23(21)38-29/h4-10,12-15,25,33H,3,11H2,1-2H3/b26-24+/t15-,25-/m0/s1. The molecule has 6 rings (SSSR count). The fourth-order valence-electron chi connectivity index (χ4n) is 5.00. The van der Waals surface area contributed by atoms with Gasteiger partial charge >= 0.3 is 5.91 Å². The summed E-state index contributed by atoms with van der Waals surface area (Å²) in [4.78, 5) is 32.8. The molecule has 4 aromatic rings. The third-order valence-corrected chi connectivity index (χ3v) is 7.66. The van der Waals surface area contributed by atoms with Crippen LogP contribution < -0.4 is 14.4 Å². The van der Waals surface area contributed by atoms with Crippen molar-refractivity contribution in [2.24, 2.45) is 0 Å². The van der Waals surface area contributed by atoms with Gasteiger partial charge in [0.05, 0.1) is 28.4 Å². The van der Waals surface area contributed by atoms with Crippen LogP contribution in [0.15, 0.2) is 66.2 Å². The molecule has 0 bridgehead atoms. The number of rotatable bonds is 5. The van der Waals surface area contributed by atoms with Gasteiger partial charge in [-0.1, -0.05) is 23.5 Å². The largest absolute Gasteiger partial charge is 0.507 e. The third kappa shape index (κ3) is 3.99. The number of halogens is 1. The zero-order chi connectivity index (χ0) is 26.6. The molecular weight excluding hydrogens is 507 g/mol. The van der Waals surface area contributed by atoms with Gasteiger partial charge in [-0.2, -0.15) is 0 Å². The zero-order valence-electron chi connectivity index (χ0n) is 20.6. The van der Waals surface area contributed by atoms with Gasteiger partial charge in [0.2, 0.25) is 0 Å². The molecule has 192 valence electrons. The molecule has 1 aromatic heterocycles. The van der Waals surface area contributed by atoms with Gasteiger partial charge in [0, 0.05) is 12.0 Å². The number of nitrogens with zero attached hydrogens (tertiary/aromatic N) is 2. The molecule has 0 saturated carbocycles. The lowest BCUT2D eigenvalue weighted by molar-refractivity contribution is -0.132. The predicted molar refractivity (Wildman–Crippen MR) is 142 cm³/mol. The number of ketones is 1. The maximum Gasteiger partial charge on any atom is 0.301 e. The zero-order valence-corrected chi connectivity index (χ0v) is 21.4. The molecule has 7 nitrogen and oxygen atoms in total. The van der Waals surface area contributed by atoms with Crippen LogP contribution in [-0.4, -0.2) is 34.5 Å². The Morgan fingerprint density at radius 2 is 2.03 bits per heavy atom. The second-order valence-corrected chi connectivity index (χ2v) is 10.2. The van der Waals surface area contributed by atoms with E-state index in [4.69, 9.17) is 9.47 Å². The molecule has 9 heteroatoms. The Balaban J connectivity index is 1.54. The summed E-state index contributed by atoms with van der Waals surface area (Å²) >= 11 is 1.10. The molecule has 0 radical (unpaired) electrons. The summed E-state index contributed by atoms with van der Waals surface area (Å²) < 4.78 is 25.9. The molecule has 2 aliphatic rings. The molecular formula is C29H23FN2O5S. The number of thiazole rings is 1. The monoisotopic (exact) mass is 530 g/mol. The van der Waals surface area contributed by atoms with Gasteiger partial charge in [-0.3, -0.25) is 14.5 Å². The average molecular weight is 531 g/mol. The van der Waals surface area contributed by atoms with Gasteiger partial charge in [0.15, 0.2) is 5.13 Å². The van der Waals surface area contributed by atoms with Crippen molar-refractivity contribution in [2.75, 3.05) is 11.5 Å². The van der Waals surface area contributed by atoms with Crippen molar-refractivity contribution in [3.05, 3.63) is 88.7 Å². The highest BCUT2D eigenvalue weighted by Crippen LogP contribution is 2.45. The van der Waals surface area contributed by atoms with E-state index in [0.717, 1.165) is 22.6 Å². The Labute approximate surface area is 221 Å². The molecule has 0 unspecified atom stereocenters. The molecule has 2 atom stereocenters. The van der Waals surface area contributed by atoms with Crippen LogP contribution in [0.2, 0.25) is 0 Å². The van der Waals surface area contributed by atoms with E-state index in [1.54, 1.807) is 42.5 Å². The average Bonchev–Trinajstić information content (AvgIpc) is 3.56. The predicted octanol–water partition coefficient (Wildman–Crippen LogP) is 5.78. The maximum atomic E-state index is 13.9. The fourth-order valence-corrected chi connectivity index (χ4v) is 6.02. The first-order chi connectivity index (χ1) is 18.3. The second-order valence-electron chi connectivity index (χ2n) is 9.24. The van der Waals surface area contributed by atoms with Gasteiger partial charge in [0.25, 0.3) is 5.78 Å². The number of hydrogen-bond donors (Lipinski definition) is 1. The first kappa shape index (κ1) is 24.1. The summed E-state index contributed by atoms with van der Waals surface area (Å²) in [5.74, 6) is -1.07. The van der Waals surface area contributed by atoms with Gasteiger partial charge in [-0.25, -0.2) is 9.37 Å². The normalized spacial score (nSPS) is 20.1. The molecule has 2 aliphatic heterocycles. The second kappa shape index (κ2) is 9.25. The van der Waals surface area contributed by atoms with Crippen molar-refractivity contribution in [3.8, 4) is 11.5 Å². The first-order valence-corrected chi connectivity index (χ1v) is 13.1. The van der Waals surface area contributed by atoms with Crippen LogP contribution >= 0.6 is 11.3 Å². The van der Waals surface area contributed by atoms with E-state index < -0.39 is 23.5 Å². The minimum absolute atomic E-state index is 0.0122. The summed E-state index contributed by atoms with van der Waals surface area (Å²) in [6.07, 6.45) is 0.686. The highest BCUT2D eigenvalue weighted by atomic mass is 32.1. The van der Waals surface area contributed by atoms with E-state index >= 15 is 0 Å². The van der Waals surface area contributed by atoms with Crippen LogP contribution in [-0.2, 0) is 16.0 Å². The Hall–Kier alpha value is -4.24. The highest BCUT2D eigenvalue weighted by Gasteiger charge is 2.48. The van der Waals surface area contributed by atoms with Crippen molar-refractivity contribution < 1.29 is 28.6 Å².